The van der Waals surface area contributed by atoms with Crippen LogP contribution in [-0.4, -0.2) is 24.4 Å². The van der Waals surface area contributed by atoms with E-state index in [1.54, 1.807) is 0 Å². The molecule has 0 aliphatic heterocycles. The predicted octanol–water partition coefficient (Wildman–Crippen LogP) is 1.86. The molecule has 0 spiro atoms. The lowest BCUT2D eigenvalue weighted by molar-refractivity contribution is -0.120. The minimum absolute atomic E-state index is 0.105. The summed E-state index contributed by atoms with van der Waals surface area (Å²) in [4.78, 5) is 23.2. The molecule has 2 amide bonds. The smallest absolute Gasteiger partial charge is 0.251 e. The zero-order chi connectivity index (χ0) is 14.3. The van der Waals surface area contributed by atoms with Gasteiger partial charge in [0.15, 0.2) is 0 Å². The summed E-state index contributed by atoms with van der Waals surface area (Å²) < 4.78 is 12.9. The molecule has 1 rings (SSSR count). The van der Waals surface area contributed by atoms with Crippen LogP contribution in [0.25, 0.3) is 0 Å². The summed E-state index contributed by atoms with van der Waals surface area (Å²) in [5.41, 5.74) is 0.204. The zero-order valence-electron chi connectivity index (χ0n) is 11.2. The van der Waals surface area contributed by atoms with Gasteiger partial charge < -0.3 is 10.6 Å². The third kappa shape index (κ3) is 5.07. The van der Waals surface area contributed by atoms with Crippen LogP contribution in [0.15, 0.2) is 24.3 Å². The van der Waals surface area contributed by atoms with E-state index in [0.29, 0.717) is 0 Å². The molecule has 0 saturated carbocycles. The van der Waals surface area contributed by atoms with Crippen LogP contribution in [0.3, 0.4) is 0 Å². The highest BCUT2D eigenvalue weighted by Crippen LogP contribution is 2.02. The van der Waals surface area contributed by atoms with Gasteiger partial charge in [-0.15, -0.1) is 0 Å². The maximum absolute atomic E-state index is 12.9. The van der Waals surface area contributed by atoms with Gasteiger partial charge in [-0.2, -0.15) is 0 Å². The summed E-state index contributed by atoms with van der Waals surface area (Å²) in [7, 11) is 0. The largest absolute Gasteiger partial charge is 0.352 e. The van der Waals surface area contributed by atoms with Crippen LogP contribution in [-0.2, 0) is 4.79 Å². The summed E-state index contributed by atoms with van der Waals surface area (Å²) in [6, 6.07) is 5.47. The average Bonchev–Trinajstić information content (AvgIpc) is 2.42. The van der Waals surface area contributed by atoms with Gasteiger partial charge in [0.25, 0.3) is 5.91 Å². The van der Waals surface area contributed by atoms with Crippen molar-refractivity contribution >= 4 is 11.8 Å². The molecule has 0 saturated heterocycles. The van der Waals surface area contributed by atoms with E-state index in [2.05, 4.69) is 10.6 Å². The molecule has 0 aromatic heterocycles. The first-order valence-electron chi connectivity index (χ1n) is 6.40. The van der Waals surface area contributed by atoms with E-state index in [-0.39, 0.29) is 24.1 Å². The Kier molecular flexibility index (Phi) is 5.99. The molecule has 4 nitrogen and oxygen atoms in total. The van der Waals surface area contributed by atoms with Crippen LogP contribution < -0.4 is 10.6 Å². The van der Waals surface area contributed by atoms with Crippen LogP contribution in [0.2, 0.25) is 0 Å². The number of hydrogen-bond acceptors (Lipinski definition) is 2. The van der Waals surface area contributed by atoms with Crippen molar-refractivity contribution in [2.45, 2.75) is 32.7 Å². The molecule has 0 bridgehead atoms. The van der Waals surface area contributed by atoms with Crippen molar-refractivity contribution in [1.29, 1.82) is 0 Å². The molecule has 0 aliphatic rings. The Bertz CT molecular complexity index is 445. The van der Waals surface area contributed by atoms with Crippen LogP contribution >= 0.6 is 0 Å². The first-order valence-corrected chi connectivity index (χ1v) is 6.40. The lowest BCUT2D eigenvalue weighted by Gasteiger charge is -2.14. The summed E-state index contributed by atoms with van der Waals surface area (Å²) in [6.07, 6.45) is 1.69. The zero-order valence-corrected chi connectivity index (χ0v) is 11.2. The fourth-order valence-electron chi connectivity index (χ4n) is 1.66. The van der Waals surface area contributed by atoms with Crippen molar-refractivity contribution in [3.05, 3.63) is 35.6 Å². The molecule has 0 unspecified atom stereocenters. The molecular weight excluding hydrogens is 247 g/mol. The van der Waals surface area contributed by atoms with Gasteiger partial charge in [-0.3, -0.25) is 9.59 Å². The van der Waals surface area contributed by atoms with Crippen molar-refractivity contribution in [2.24, 2.45) is 0 Å². The minimum atomic E-state index is -0.478. The van der Waals surface area contributed by atoms with Gasteiger partial charge in [0.05, 0.1) is 6.54 Å². The van der Waals surface area contributed by atoms with Crippen molar-refractivity contribution in [3.8, 4) is 0 Å². The number of carbonyl (C=O) groups excluding carboxylic acids is 2. The van der Waals surface area contributed by atoms with Crippen LogP contribution in [0.5, 0.6) is 0 Å². The van der Waals surface area contributed by atoms with Crippen LogP contribution in [0.4, 0.5) is 4.39 Å². The number of nitrogens with one attached hydrogen (secondary N) is 2. The molecule has 1 aromatic carbocycles. The van der Waals surface area contributed by atoms with Gasteiger partial charge in [-0.1, -0.05) is 19.9 Å². The first-order chi connectivity index (χ1) is 9.06. The van der Waals surface area contributed by atoms with Gasteiger partial charge >= 0.3 is 0 Å². The number of carbonyl (C=O) groups is 2. The fourth-order valence-corrected chi connectivity index (χ4v) is 1.66. The molecule has 1 aromatic rings. The Morgan fingerprint density at radius 3 is 2.53 bits per heavy atom. The van der Waals surface area contributed by atoms with E-state index in [4.69, 9.17) is 0 Å². The fraction of sp³-hybridized carbons (Fsp3) is 0.429. The third-order valence-electron chi connectivity index (χ3n) is 2.85. The van der Waals surface area contributed by atoms with E-state index in [0.717, 1.165) is 18.9 Å². The van der Waals surface area contributed by atoms with E-state index >= 15 is 0 Å². The lowest BCUT2D eigenvalue weighted by atomic mass is 10.2. The van der Waals surface area contributed by atoms with E-state index < -0.39 is 11.7 Å². The quantitative estimate of drug-likeness (QED) is 0.825. The average molecular weight is 266 g/mol. The molecule has 5 heteroatoms. The summed E-state index contributed by atoms with van der Waals surface area (Å²) in [5.74, 6) is -1.17. The lowest BCUT2D eigenvalue weighted by Crippen LogP contribution is -2.41. The maximum atomic E-state index is 12.9. The first kappa shape index (κ1) is 15.1. The molecule has 0 fully saturated rings. The van der Waals surface area contributed by atoms with Gasteiger partial charge in [-0.05, 0) is 31.0 Å². The predicted molar refractivity (Wildman–Crippen MR) is 71.2 cm³/mol. The second-order valence-electron chi connectivity index (χ2n) is 4.27. The standard InChI is InChI=1S/C14H19FN2O2/c1-3-12(4-2)17-13(18)9-16-14(19)10-6-5-7-11(15)8-10/h5-8,12H,3-4,9H2,1-2H3,(H,16,19)(H,17,18). The molecule has 104 valence electrons. The molecule has 2 N–H and O–H groups in total. The summed E-state index contributed by atoms with van der Waals surface area (Å²) >= 11 is 0. The Hall–Kier alpha value is -1.91. The Morgan fingerprint density at radius 1 is 1.26 bits per heavy atom. The van der Waals surface area contributed by atoms with Gasteiger partial charge in [-0.25, -0.2) is 4.39 Å². The van der Waals surface area contributed by atoms with Crippen molar-refractivity contribution < 1.29 is 14.0 Å². The Balaban J connectivity index is 2.44. The van der Waals surface area contributed by atoms with Crippen LogP contribution in [0.1, 0.15) is 37.0 Å². The Labute approximate surface area is 112 Å². The Morgan fingerprint density at radius 2 is 1.95 bits per heavy atom. The normalized spacial score (nSPS) is 10.3. The number of halogens is 1. The number of rotatable bonds is 6. The minimum Gasteiger partial charge on any atom is -0.352 e. The second kappa shape index (κ2) is 7.51. The molecular formula is C14H19FN2O2. The summed E-state index contributed by atoms with van der Waals surface area (Å²) in [5, 5.41) is 5.27. The molecule has 0 aliphatic carbocycles. The molecule has 0 radical (unpaired) electrons. The number of benzene rings is 1. The highest BCUT2D eigenvalue weighted by Gasteiger charge is 2.11. The van der Waals surface area contributed by atoms with Gasteiger partial charge in [0.1, 0.15) is 5.82 Å². The molecule has 0 atom stereocenters. The maximum Gasteiger partial charge on any atom is 0.251 e. The third-order valence-corrected chi connectivity index (χ3v) is 2.85. The molecule has 19 heavy (non-hydrogen) atoms. The van der Waals surface area contributed by atoms with Crippen molar-refractivity contribution in [2.75, 3.05) is 6.54 Å². The van der Waals surface area contributed by atoms with E-state index in [1.165, 1.54) is 18.2 Å². The summed E-state index contributed by atoms with van der Waals surface area (Å²) in [6.45, 7) is 3.87. The SMILES string of the molecule is CCC(CC)NC(=O)CNC(=O)c1cccc(F)c1. The number of hydrogen-bond donors (Lipinski definition) is 2. The monoisotopic (exact) mass is 266 g/mol. The topological polar surface area (TPSA) is 58.2 Å². The highest BCUT2D eigenvalue weighted by atomic mass is 19.1. The van der Waals surface area contributed by atoms with Crippen LogP contribution in [0, 0.1) is 5.82 Å². The van der Waals surface area contributed by atoms with Crippen molar-refractivity contribution in [1.82, 2.24) is 10.6 Å². The molecule has 0 heterocycles. The van der Waals surface area contributed by atoms with Gasteiger partial charge in [0.2, 0.25) is 5.91 Å². The van der Waals surface area contributed by atoms with E-state index in [1.807, 2.05) is 13.8 Å². The second-order valence-corrected chi connectivity index (χ2v) is 4.27. The van der Waals surface area contributed by atoms with Gasteiger partial charge in [0, 0.05) is 11.6 Å². The number of amides is 2. The van der Waals surface area contributed by atoms with E-state index in [9.17, 15) is 14.0 Å². The highest BCUT2D eigenvalue weighted by molar-refractivity contribution is 5.96. The van der Waals surface area contributed by atoms with Crippen molar-refractivity contribution in [3.63, 3.8) is 0 Å².